The minimum atomic E-state index is -4.48. The van der Waals surface area contributed by atoms with Crippen molar-refractivity contribution in [2.75, 3.05) is 0 Å². The van der Waals surface area contributed by atoms with E-state index < -0.39 is 42.9 Å². The highest BCUT2D eigenvalue weighted by Gasteiger charge is 2.37. The van der Waals surface area contributed by atoms with E-state index in [1.165, 1.54) is 6.92 Å². The molecule has 1 unspecified atom stereocenters. The topological polar surface area (TPSA) is 127 Å². The number of nitro groups is 1. The van der Waals surface area contributed by atoms with Crippen molar-refractivity contribution in [3.8, 4) is 0 Å². The fraction of sp³-hybridized carbons (Fsp3) is 0.364. The van der Waals surface area contributed by atoms with Gasteiger partial charge in [0.15, 0.2) is 0 Å². The first kappa shape index (κ1) is 17.0. The van der Waals surface area contributed by atoms with Gasteiger partial charge >= 0.3 is 5.97 Å². The Morgan fingerprint density at radius 3 is 2.48 bits per heavy atom. The number of non-ortho nitro benzene ring substituents is 1. The normalized spacial score (nSPS) is 14.4. The zero-order valence-electron chi connectivity index (χ0n) is 11.2. The van der Waals surface area contributed by atoms with E-state index in [0.717, 1.165) is 13.0 Å². The van der Waals surface area contributed by atoms with Gasteiger partial charge in [0, 0.05) is 6.07 Å². The molecule has 0 fully saturated rings. The van der Waals surface area contributed by atoms with E-state index in [2.05, 4.69) is 0 Å². The minimum Gasteiger partial charge on any atom is -0.480 e. The second kappa shape index (κ2) is 5.74. The van der Waals surface area contributed by atoms with Crippen molar-refractivity contribution >= 4 is 21.7 Å². The molecule has 0 aliphatic heterocycles. The molecule has 0 spiro atoms. The maximum absolute atomic E-state index is 13.7. The van der Waals surface area contributed by atoms with Crippen LogP contribution in [0.25, 0.3) is 0 Å². The SMILES string of the molecule is CCC(C)(NS(=O)(=O)c1ccc([N+](=O)[O-])cc1F)C(=O)O. The van der Waals surface area contributed by atoms with Gasteiger partial charge in [0.1, 0.15) is 16.3 Å². The third kappa shape index (κ3) is 3.52. The lowest BCUT2D eigenvalue weighted by Crippen LogP contribution is -2.51. The van der Waals surface area contributed by atoms with Gasteiger partial charge in [0.2, 0.25) is 10.0 Å². The van der Waals surface area contributed by atoms with E-state index in [4.69, 9.17) is 5.11 Å². The summed E-state index contributed by atoms with van der Waals surface area (Å²) in [5.74, 6) is -2.75. The van der Waals surface area contributed by atoms with Crippen LogP contribution in [0.15, 0.2) is 23.1 Å². The maximum Gasteiger partial charge on any atom is 0.324 e. The van der Waals surface area contributed by atoms with Crippen LogP contribution in [0.3, 0.4) is 0 Å². The molecule has 0 bridgehead atoms. The number of carboxylic acid groups (broad SMARTS) is 1. The van der Waals surface area contributed by atoms with Gasteiger partial charge in [-0.1, -0.05) is 6.92 Å². The summed E-state index contributed by atoms with van der Waals surface area (Å²) in [6.07, 6.45) is -0.0733. The molecule has 0 aliphatic carbocycles. The number of nitro benzene ring substituents is 1. The lowest BCUT2D eigenvalue weighted by Gasteiger charge is -2.24. The van der Waals surface area contributed by atoms with Gasteiger partial charge < -0.3 is 5.11 Å². The number of carboxylic acids is 1. The molecule has 1 aromatic rings. The van der Waals surface area contributed by atoms with Gasteiger partial charge in [-0.2, -0.15) is 4.72 Å². The molecule has 0 heterocycles. The summed E-state index contributed by atoms with van der Waals surface area (Å²) in [6, 6.07) is 1.99. The molecule has 0 radical (unpaired) electrons. The molecule has 0 aromatic heterocycles. The number of hydrogen-bond acceptors (Lipinski definition) is 5. The molecule has 0 aliphatic rings. The van der Waals surface area contributed by atoms with Gasteiger partial charge in [0.05, 0.1) is 11.0 Å². The highest BCUT2D eigenvalue weighted by Crippen LogP contribution is 2.22. The van der Waals surface area contributed by atoms with Crippen molar-refractivity contribution in [1.29, 1.82) is 0 Å². The Hall–Kier alpha value is -2.07. The maximum atomic E-state index is 13.7. The smallest absolute Gasteiger partial charge is 0.324 e. The number of carbonyl (C=O) groups is 1. The Morgan fingerprint density at radius 1 is 1.52 bits per heavy atom. The van der Waals surface area contributed by atoms with Crippen LogP contribution >= 0.6 is 0 Å². The molecular formula is C11H13FN2O6S. The summed E-state index contributed by atoms with van der Waals surface area (Å²) < 4.78 is 39.7. The van der Waals surface area contributed by atoms with Gasteiger partial charge in [0.25, 0.3) is 5.69 Å². The number of nitrogens with zero attached hydrogens (tertiary/aromatic N) is 1. The van der Waals surface area contributed by atoms with Crippen LogP contribution in [0.2, 0.25) is 0 Å². The van der Waals surface area contributed by atoms with Crippen molar-refractivity contribution in [2.24, 2.45) is 0 Å². The van der Waals surface area contributed by atoms with Gasteiger partial charge in [-0.3, -0.25) is 14.9 Å². The molecule has 8 nitrogen and oxygen atoms in total. The standard InChI is InChI=1S/C11H13FN2O6S/c1-3-11(2,10(15)16)13-21(19,20)9-5-4-7(14(17)18)6-8(9)12/h4-6,13H,3H2,1-2H3,(H,15,16). The van der Waals surface area contributed by atoms with E-state index in [0.29, 0.717) is 12.1 Å². The van der Waals surface area contributed by atoms with E-state index in [-0.39, 0.29) is 6.42 Å². The summed E-state index contributed by atoms with van der Waals surface area (Å²) in [5, 5.41) is 19.5. The summed E-state index contributed by atoms with van der Waals surface area (Å²) in [6.45, 7) is 2.58. The van der Waals surface area contributed by atoms with Crippen LogP contribution in [-0.4, -0.2) is 30.0 Å². The number of halogens is 1. The number of aliphatic carboxylic acids is 1. The Bertz CT molecular complexity index is 690. The average Bonchev–Trinajstić information content (AvgIpc) is 2.37. The molecule has 1 rings (SSSR count). The first-order valence-electron chi connectivity index (χ1n) is 5.75. The lowest BCUT2D eigenvalue weighted by atomic mass is 10.0. The predicted molar refractivity (Wildman–Crippen MR) is 69.7 cm³/mol. The molecule has 0 saturated heterocycles. The molecule has 116 valence electrons. The Kier molecular flexibility index (Phi) is 4.64. The summed E-state index contributed by atoms with van der Waals surface area (Å²) >= 11 is 0. The molecule has 0 amide bonds. The van der Waals surface area contributed by atoms with E-state index >= 15 is 0 Å². The number of sulfonamides is 1. The van der Waals surface area contributed by atoms with Gasteiger partial charge in [-0.15, -0.1) is 0 Å². The minimum absolute atomic E-state index is 0.0733. The highest BCUT2D eigenvalue weighted by atomic mass is 32.2. The second-order valence-corrected chi connectivity index (χ2v) is 6.12. The van der Waals surface area contributed by atoms with E-state index in [1.807, 2.05) is 4.72 Å². The molecule has 1 atom stereocenters. The first-order valence-corrected chi connectivity index (χ1v) is 7.23. The molecule has 21 heavy (non-hydrogen) atoms. The monoisotopic (exact) mass is 320 g/mol. The number of nitrogens with one attached hydrogen (secondary N) is 1. The predicted octanol–water partition coefficient (Wildman–Crippen LogP) is 1.27. The molecule has 0 saturated carbocycles. The number of benzene rings is 1. The molecular weight excluding hydrogens is 307 g/mol. The van der Waals surface area contributed by atoms with Crippen LogP contribution < -0.4 is 4.72 Å². The third-order valence-electron chi connectivity index (χ3n) is 2.95. The van der Waals surface area contributed by atoms with E-state index in [9.17, 15) is 27.7 Å². The van der Waals surface area contributed by atoms with Gasteiger partial charge in [-0.05, 0) is 19.4 Å². The van der Waals surface area contributed by atoms with Crippen molar-refractivity contribution in [3.63, 3.8) is 0 Å². The van der Waals surface area contributed by atoms with Crippen LogP contribution in [-0.2, 0) is 14.8 Å². The molecule has 1 aromatic carbocycles. The molecule has 10 heteroatoms. The summed E-state index contributed by atoms with van der Waals surface area (Å²) in [7, 11) is -4.48. The van der Waals surface area contributed by atoms with Crippen molar-refractivity contribution in [3.05, 3.63) is 34.1 Å². The average molecular weight is 320 g/mol. The van der Waals surface area contributed by atoms with Gasteiger partial charge in [-0.25, -0.2) is 12.8 Å². The first-order chi connectivity index (χ1) is 9.53. The zero-order valence-corrected chi connectivity index (χ0v) is 12.0. The van der Waals surface area contributed by atoms with Crippen molar-refractivity contribution < 1.29 is 27.6 Å². The summed E-state index contributed by atoms with van der Waals surface area (Å²) in [4.78, 5) is 19.8. The lowest BCUT2D eigenvalue weighted by molar-refractivity contribution is -0.385. The number of hydrogen-bond donors (Lipinski definition) is 2. The van der Waals surface area contributed by atoms with Crippen molar-refractivity contribution in [2.45, 2.75) is 30.7 Å². The van der Waals surface area contributed by atoms with Crippen molar-refractivity contribution in [1.82, 2.24) is 4.72 Å². The van der Waals surface area contributed by atoms with Crippen LogP contribution in [0.5, 0.6) is 0 Å². The zero-order chi connectivity index (χ0) is 16.4. The number of rotatable bonds is 6. The van der Waals surface area contributed by atoms with Crippen LogP contribution in [0, 0.1) is 15.9 Å². The van der Waals surface area contributed by atoms with E-state index in [1.54, 1.807) is 0 Å². The Balaban J connectivity index is 3.26. The van der Waals surface area contributed by atoms with Crippen LogP contribution in [0.4, 0.5) is 10.1 Å². The summed E-state index contributed by atoms with van der Waals surface area (Å²) in [5.41, 5.74) is -2.42. The fourth-order valence-corrected chi connectivity index (χ4v) is 2.94. The second-order valence-electron chi connectivity index (χ2n) is 4.47. The third-order valence-corrected chi connectivity index (χ3v) is 4.58. The Labute approximate surface area is 119 Å². The fourth-order valence-electron chi connectivity index (χ4n) is 1.44. The largest absolute Gasteiger partial charge is 0.480 e. The molecule has 2 N–H and O–H groups in total. The highest BCUT2D eigenvalue weighted by molar-refractivity contribution is 7.89. The van der Waals surface area contributed by atoms with Crippen LogP contribution in [0.1, 0.15) is 20.3 Å². The quantitative estimate of drug-likeness (QED) is 0.600. The Morgan fingerprint density at radius 2 is 2.10 bits per heavy atom.